The molecule has 0 saturated carbocycles. The number of aryl methyl sites for hydroxylation is 1. The molecule has 3 N–H and O–H groups in total. The molecule has 2 aromatic carbocycles. The van der Waals surface area contributed by atoms with Gasteiger partial charge in [0.1, 0.15) is 5.75 Å². The van der Waals surface area contributed by atoms with E-state index in [1.54, 1.807) is 12.1 Å². The summed E-state index contributed by atoms with van der Waals surface area (Å²) in [4.78, 5) is 2.21. The van der Waals surface area contributed by atoms with Crippen molar-refractivity contribution >= 4 is 11.4 Å². The molecule has 0 atom stereocenters. The minimum absolute atomic E-state index is 0.292. The largest absolute Gasteiger partial charge is 0.508 e. The van der Waals surface area contributed by atoms with E-state index in [-0.39, 0.29) is 0 Å². The first kappa shape index (κ1) is 13.3. The summed E-state index contributed by atoms with van der Waals surface area (Å²) in [7, 11) is 0. The Labute approximate surface area is 114 Å². The molecule has 2 aromatic rings. The van der Waals surface area contributed by atoms with E-state index in [4.69, 9.17) is 5.73 Å². The van der Waals surface area contributed by atoms with Gasteiger partial charge in [-0.2, -0.15) is 0 Å². The highest BCUT2D eigenvalue weighted by Crippen LogP contribution is 2.24. The average Bonchev–Trinajstić information content (AvgIpc) is 2.39. The molecule has 100 valence electrons. The summed E-state index contributed by atoms with van der Waals surface area (Å²) in [5.74, 6) is 0.292. The molecule has 0 fully saturated rings. The fourth-order valence-electron chi connectivity index (χ4n) is 2.15. The van der Waals surface area contributed by atoms with E-state index in [9.17, 15) is 5.11 Å². The zero-order chi connectivity index (χ0) is 13.8. The molecular weight excluding hydrogens is 236 g/mol. The van der Waals surface area contributed by atoms with E-state index in [2.05, 4.69) is 36.9 Å². The normalized spacial score (nSPS) is 10.4. The maximum atomic E-state index is 9.90. The van der Waals surface area contributed by atoms with E-state index in [0.717, 1.165) is 17.8 Å². The summed E-state index contributed by atoms with van der Waals surface area (Å²) in [5.41, 5.74) is 9.69. The molecule has 0 amide bonds. The van der Waals surface area contributed by atoms with Gasteiger partial charge in [0.25, 0.3) is 0 Å². The second-order valence-corrected chi connectivity index (χ2v) is 4.74. The van der Waals surface area contributed by atoms with Crippen molar-refractivity contribution < 1.29 is 5.11 Å². The van der Waals surface area contributed by atoms with Crippen molar-refractivity contribution in [1.82, 2.24) is 0 Å². The number of anilines is 2. The molecule has 0 bridgehead atoms. The fraction of sp³-hybridized carbons (Fsp3) is 0.250. The zero-order valence-corrected chi connectivity index (χ0v) is 11.4. The molecule has 0 spiro atoms. The number of rotatable bonds is 4. The first-order chi connectivity index (χ1) is 9.10. The van der Waals surface area contributed by atoms with Crippen LogP contribution in [0.5, 0.6) is 5.75 Å². The molecule has 2 rings (SSSR count). The van der Waals surface area contributed by atoms with Crippen molar-refractivity contribution in [2.45, 2.75) is 20.4 Å². The van der Waals surface area contributed by atoms with Crippen molar-refractivity contribution in [1.29, 1.82) is 0 Å². The van der Waals surface area contributed by atoms with Gasteiger partial charge in [0.05, 0.1) is 0 Å². The van der Waals surface area contributed by atoms with Gasteiger partial charge < -0.3 is 15.7 Å². The monoisotopic (exact) mass is 256 g/mol. The van der Waals surface area contributed by atoms with Crippen LogP contribution in [0.25, 0.3) is 0 Å². The molecule has 3 heteroatoms. The minimum atomic E-state index is 0.292. The van der Waals surface area contributed by atoms with Crippen LogP contribution in [0, 0.1) is 6.92 Å². The third kappa shape index (κ3) is 3.19. The summed E-state index contributed by atoms with van der Waals surface area (Å²) in [6.45, 7) is 5.70. The highest BCUT2D eigenvalue weighted by molar-refractivity contribution is 5.52. The summed E-state index contributed by atoms with van der Waals surface area (Å²) >= 11 is 0. The number of nitrogens with zero attached hydrogens (tertiary/aromatic N) is 1. The van der Waals surface area contributed by atoms with Crippen molar-refractivity contribution in [2.24, 2.45) is 0 Å². The predicted molar refractivity (Wildman–Crippen MR) is 80.4 cm³/mol. The Morgan fingerprint density at radius 3 is 2.63 bits per heavy atom. The van der Waals surface area contributed by atoms with Crippen LogP contribution in [0.3, 0.4) is 0 Å². The maximum Gasteiger partial charge on any atom is 0.120 e. The lowest BCUT2D eigenvalue weighted by molar-refractivity contribution is 0.467. The van der Waals surface area contributed by atoms with Crippen molar-refractivity contribution in [2.75, 3.05) is 17.2 Å². The summed E-state index contributed by atoms with van der Waals surface area (Å²) < 4.78 is 0. The van der Waals surface area contributed by atoms with E-state index in [1.807, 2.05) is 12.1 Å². The average molecular weight is 256 g/mol. The van der Waals surface area contributed by atoms with Crippen LogP contribution in [0.4, 0.5) is 11.4 Å². The van der Waals surface area contributed by atoms with Crippen LogP contribution in [0.2, 0.25) is 0 Å². The fourth-order valence-corrected chi connectivity index (χ4v) is 2.15. The second-order valence-electron chi connectivity index (χ2n) is 4.74. The van der Waals surface area contributed by atoms with Gasteiger partial charge in [0.2, 0.25) is 0 Å². The summed E-state index contributed by atoms with van der Waals surface area (Å²) in [6, 6.07) is 13.5. The SMILES string of the molecule is CCN(Cc1cc(N)ccc1O)c1cccc(C)c1. The van der Waals surface area contributed by atoms with Crippen LogP contribution in [0.1, 0.15) is 18.1 Å². The number of aromatic hydroxyl groups is 1. The topological polar surface area (TPSA) is 49.5 Å². The van der Waals surface area contributed by atoms with Crippen LogP contribution < -0.4 is 10.6 Å². The number of hydrogen-bond donors (Lipinski definition) is 2. The highest BCUT2D eigenvalue weighted by atomic mass is 16.3. The summed E-state index contributed by atoms with van der Waals surface area (Å²) in [6.07, 6.45) is 0. The van der Waals surface area contributed by atoms with Gasteiger partial charge in [-0.3, -0.25) is 0 Å². The highest BCUT2D eigenvalue weighted by Gasteiger charge is 2.09. The lowest BCUT2D eigenvalue weighted by atomic mass is 10.1. The third-order valence-electron chi connectivity index (χ3n) is 3.21. The number of phenols is 1. The standard InChI is InChI=1S/C16H20N2O/c1-3-18(15-6-4-5-12(2)9-15)11-13-10-14(17)7-8-16(13)19/h4-10,19H,3,11,17H2,1-2H3. The van der Waals surface area contributed by atoms with Gasteiger partial charge in [-0.05, 0) is 49.7 Å². The van der Waals surface area contributed by atoms with Crippen LogP contribution in [-0.2, 0) is 6.54 Å². The number of nitrogens with two attached hydrogens (primary N) is 1. The molecule has 0 saturated heterocycles. The minimum Gasteiger partial charge on any atom is -0.508 e. The summed E-state index contributed by atoms with van der Waals surface area (Å²) in [5, 5.41) is 9.90. The van der Waals surface area contributed by atoms with Gasteiger partial charge in [0, 0.05) is 30.0 Å². The first-order valence-electron chi connectivity index (χ1n) is 6.49. The quantitative estimate of drug-likeness (QED) is 0.651. The molecule has 0 aliphatic heterocycles. The third-order valence-corrected chi connectivity index (χ3v) is 3.21. The Balaban J connectivity index is 2.26. The lowest BCUT2D eigenvalue weighted by Crippen LogP contribution is -2.22. The zero-order valence-electron chi connectivity index (χ0n) is 11.4. The number of nitrogen functional groups attached to an aromatic ring is 1. The molecule has 0 unspecified atom stereocenters. The Hall–Kier alpha value is -2.16. The molecule has 0 aromatic heterocycles. The van der Waals surface area contributed by atoms with E-state index in [0.29, 0.717) is 18.0 Å². The maximum absolute atomic E-state index is 9.90. The Bertz CT molecular complexity index is 566. The smallest absolute Gasteiger partial charge is 0.120 e. The Morgan fingerprint density at radius 1 is 1.16 bits per heavy atom. The lowest BCUT2D eigenvalue weighted by Gasteiger charge is -2.24. The number of hydrogen-bond acceptors (Lipinski definition) is 3. The van der Waals surface area contributed by atoms with E-state index in [1.165, 1.54) is 5.56 Å². The predicted octanol–water partition coefficient (Wildman–Crippen LogP) is 3.31. The van der Waals surface area contributed by atoms with Crippen molar-refractivity contribution in [3.63, 3.8) is 0 Å². The van der Waals surface area contributed by atoms with Gasteiger partial charge in [-0.25, -0.2) is 0 Å². The second kappa shape index (κ2) is 5.65. The molecule has 0 radical (unpaired) electrons. The van der Waals surface area contributed by atoms with Gasteiger partial charge in [-0.1, -0.05) is 12.1 Å². The van der Waals surface area contributed by atoms with Crippen LogP contribution in [-0.4, -0.2) is 11.7 Å². The van der Waals surface area contributed by atoms with Gasteiger partial charge in [-0.15, -0.1) is 0 Å². The molecule has 19 heavy (non-hydrogen) atoms. The Morgan fingerprint density at radius 2 is 1.95 bits per heavy atom. The molecular formula is C16H20N2O. The molecule has 3 nitrogen and oxygen atoms in total. The van der Waals surface area contributed by atoms with Gasteiger partial charge in [0.15, 0.2) is 0 Å². The number of phenolic OH excluding ortho intramolecular Hbond substituents is 1. The van der Waals surface area contributed by atoms with Crippen LogP contribution >= 0.6 is 0 Å². The Kier molecular flexibility index (Phi) is 3.95. The molecule has 0 aliphatic rings. The van der Waals surface area contributed by atoms with Crippen molar-refractivity contribution in [3.05, 3.63) is 53.6 Å². The van der Waals surface area contributed by atoms with E-state index < -0.39 is 0 Å². The first-order valence-corrected chi connectivity index (χ1v) is 6.49. The van der Waals surface area contributed by atoms with E-state index >= 15 is 0 Å². The van der Waals surface area contributed by atoms with Crippen LogP contribution in [0.15, 0.2) is 42.5 Å². The van der Waals surface area contributed by atoms with Gasteiger partial charge >= 0.3 is 0 Å². The number of benzene rings is 2. The molecule has 0 aliphatic carbocycles. The molecule has 0 heterocycles. The van der Waals surface area contributed by atoms with Crippen molar-refractivity contribution in [3.8, 4) is 5.75 Å².